The molecular weight excluding hydrogens is 290 g/mol. The van der Waals surface area contributed by atoms with Gasteiger partial charge in [-0.05, 0) is 68.7 Å². The highest BCUT2D eigenvalue weighted by Crippen LogP contribution is 2.36. The Kier molecular flexibility index (Phi) is 6.05. The molecule has 1 fully saturated rings. The highest BCUT2D eigenvalue weighted by molar-refractivity contribution is 5.97. The summed E-state index contributed by atoms with van der Waals surface area (Å²) in [5, 5.41) is 3.05. The lowest BCUT2D eigenvalue weighted by Crippen LogP contribution is -2.48. The predicted molar refractivity (Wildman–Crippen MR) is 93.0 cm³/mol. The summed E-state index contributed by atoms with van der Waals surface area (Å²) in [7, 11) is 1.65. The fourth-order valence-corrected chi connectivity index (χ4v) is 3.16. The Bertz CT molecular complexity index is 528. The molecule has 0 bridgehead atoms. The van der Waals surface area contributed by atoms with E-state index in [-0.39, 0.29) is 5.91 Å². The highest BCUT2D eigenvalue weighted by Gasteiger charge is 2.42. The number of nitrogens with one attached hydrogen (secondary N) is 1. The van der Waals surface area contributed by atoms with Crippen LogP contribution < -0.4 is 10.1 Å². The number of benzene rings is 1. The number of hydrogen-bond acceptors (Lipinski definition) is 3. The molecule has 1 amide bonds. The lowest BCUT2D eigenvalue weighted by Gasteiger charge is -2.38. The molecule has 0 spiro atoms. The number of ether oxygens (including phenoxy) is 2. The summed E-state index contributed by atoms with van der Waals surface area (Å²) < 4.78 is 11.3. The minimum atomic E-state index is -0.670. The second-order valence-corrected chi connectivity index (χ2v) is 6.66. The predicted octanol–water partition coefficient (Wildman–Crippen LogP) is 4.32. The lowest BCUT2D eigenvalue weighted by atomic mass is 9.78. The van der Waals surface area contributed by atoms with Crippen LogP contribution in [0.4, 0.5) is 5.69 Å². The van der Waals surface area contributed by atoms with Crippen molar-refractivity contribution >= 4 is 11.6 Å². The van der Waals surface area contributed by atoms with E-state index in [1.165, 1.54) is 0 Å². The normalized spacial score (nSPS) is 24.3. The Labute approximate surface area is 139 Å². The summed E-state index contributed by atoms with van der Waals surface area (Å²) in [6.45, 7) is 6.92. The molecule has 1 saturated carbocycles. The fourth-order valence-electron chi connectivity index (χ4n) is 3.16. The second kappa shape index (κ2) is 7.82. The van der Waals surface area contributed by atoms with E-state index >= 15 is 0 Å². The number of anilines is 1. The van der Waals surface area contributed by atoms with E-state index in [2.05, 4.69) is 19.2 Å². The molecule has 23 heavy (non-hydrogen) atoms. The second-order valence-electron chi connectivity index (χ2n) is 6.66. The molecule has 2 rings (SSSR count). The number of amides is 1. The minimum absolute atomic E-state index is 0.0117. The molecule has 0 aliphatic heterocycles. The van der Waals surface area contributed by atoms with Gasteiger partial charge in [-0.2, -0.15) is 0 Å². The third-order valence-electron chi connectivity index (χ3n) is 4.73. The molecule has 0 heterocycles. The van der Waals surface area contributed by atoms with Gasteiger partial charge in [0.05, 0.1) is 7.11 Å². The summed E-state index contributed by atoms with van der Waals surface area (Å²) >= 11 is 0. The van der Waals surface area contributed by atoms with Crippen molar-refractivity contribution in [1.82, 2.24) is 0 Å². The van der Waals surface area contributed by atoms with Crippen molar-refractivity contribution < 1.29 is 14.3 Å². The van der Waals surface area contributed by atoms with E-state index < -0.39 is 5.60 Å². The lowest BCUT2D eigenvalue weighted by molar-refractivity contribution is -0.147. The molecule has 0 aromatic heterocycles. The number of carbonyl (C=O) groups is 1. The third-order valence-corrected chi connectivity index (χ3v) is 4.73. The summed E-state index contributed by atoms with van der Waals surface area (Å²) in [6.07, 6.45) is 4.61. The average Bonchev–Trinajstić information content (AvgIpc) is 2.55. The fraction of sp³-hybridized carbons (Fsp3) is 0.632. The Morgan fingerprint density at radius 2 is 2.04 bits per heavy atom. The smallest absolute Gasteiger partial charge is 0.256 e. The van der Waals surface area contributed by atoms with Crippen LogP contribution in [0.25, 0.3) is 0 Å². The monoisotopic (exact) mass is 319 g/mol. The van der Waals surface area contributed by atoms with Crippen molar-refractivity contribution in [1.29, 1.82) is 0 Å². The molecule has 0 radical (unpaired) electrons. The molecular formula is C19H29NO3. The zero-order chi connectivity index (χ0) is 16.9. The van der Waals surface area contributed by atoms with E-state index in [1.54, 1.807) is 7.11 Å². The number of aryl methyl sites for hydroxylation is 1. The summed E-state index contributed by atoms with van der Waals surface area (Å²) in [5.41, 5.74) is 1.13. The van der Waals surface area contributed by atoms with Gasteiger partial charge in [-0.15, -0.1) is 0 Å². The van der Waals surface area contributed by atoms with Crippen LogP contribution >= 0.6 is 0 Å². The van der Waals surface area contributed by atoms with Crippen LogP contribution in [0.15, 0.2) is 18.2 Å². The summed E-state index contributed by atoms with van der Waals surface area (Å²) in [6, 6.07) is 5.70. The molecule has 4 nitrogen and oxygen atoms in total. The van der Waals surface area contributed by atoms with E-state index in [0.717, 1.165) is 49.1 Å². The topological polar surface area (TPSA) is 47.6 Å². The van der Waals surface area contributed by atoms with Crippen LogP contribution in [0.5, 0.6) is 5.75 Å². The maximum absolute atomic E-state index is 12.9. The molecule has 4 heteroatoms. The van der Waals surface area contributed by atoms with Crippen molar-refractivity contribution in [3.05, 3.63) is 23.8 Å². The molecule has 1 aromatic carbocycles. The zero-order valence-corrected chi connectivity index (χ0v) is 14.8. The highest BCUT2D eigenvalue weighted by atomic mass is 16.5. The maximum atomic E-state index is 12.9. The standard InChI is InChI=1S/C19H29NO3/c1-5-12-23-19(10-8-14(2)9-11-19)18(21)20-16-6-7-17(22-4)15(3)13-16/h6-7,13-14H,5,8-12H2,1-4H3,(H,20,21). The molecule has 0 unspecified atom stereocenters. The SMILES string of the molecule is CCCOC1(C(=O)Nc2ccc(OC)c(C)c2)CCC(C)CC1. The van der Waals surface area contributed by atoms with Crippen molar-refractivity contribution in [2.45, 2.75) is 58.5 Å². The number of carbonyl (C=O) groups excluding carboxylic acids is 1. The van der Waals surface area contributed by atoms with Gasteiger partial charge in [0, 0.05) is 12.3 Å². The number of rotatable bonds is 6. The van der Waals surface area contributed by atoms with Gasteiger partial charge in [0.1, 0.15) is 11.4 Å². The molecule has 1 aliphatic carbocycles. The molecule has 0 atom stereocenters. The maximum Gasteiger partial charge on any atom is 0.256 e. The minimum Gasteiger partial charge on any atom is -0.496 e. The quantitative estimate of drug-likeness (QED) is 0.849. The van der Waals surface area contributed by atoms with Gasteiger partial charge in [-0.25, -0.2) is 0 Å². The Morgan fingerprint density at radius 3 is 2.61 bits per heavy atom. The van der Waals surface area contributed by atoms with E-state index in [0.29, 0.717) is 12.5 Å². The first kappa shape index (κ1) is 17.8. The van der Waals surface area contributed by atoms with Gasteiger partial charge in [-0.1, -0.05) is 13.8 Å². The molecule has 1 N–H and O–H groups in total. The van der Waals surface area contributed by atoms with Crippen molar-refractivity contribution in [2.75, 3.05) is 19.0 Å². The van der Waals surface area contributed by atoms with Crippen LogP contribution in [0.3, 0.4) is 0 Å². The van der Waals surface area contributed by atoms with Crippen LogP contribution in [-0.2, 0) is 9.53 Å². The van der Waals surface area contributed by atoms with Crippen LogP contribution in [0.1, 0.15) is 51.5 Å². The van der Waals surface area contributed by atoms with E-state index in [9.17, 15) is 4.79 Å². The van der Waals surface area contributed by atoms with Gasteiger partial charge in [-0.3, -0.25) is 4.79 Å². The molecule has 1 aromatic rings. The van der Waals surface area contributed by atoms with Gasteiger partial charge < -0.3 is 14.8 Å². The molecule has 0 saturated heterocycles. The molecule has 1 aliphatic rings. The zero-order valence-electron chi connectivity index (χ0n) is 14.8. The van der Waals surface area contributed by atoms with Crippen LogP contribution in [-0.4, -0.2) is 25.2 Å². The van der Waals surface area contributed by atoms with Gasteiger partial charge in [0.25, 0.3) is 5.91 Å². The van der Waals surface area contributed by atoms with E-state index in [1.807, 2.05) is 25.1 Å². The average molecular weight is 319 g/mol. The van der Waals surface area contributed by atoms with E-state index in [4.69, 9.17) is 9.47 Å². The van der Waals surface area contributed by atoms with Gasteiger partial charge >= 0.3 is 0 Å². The Hall–Kier alpha value is -1.55. The number of hydrogen-bond donors (Lipinski definition) is 1. The van der Waals surface area contributed by atoms with Crippen molar-refractivity contribution in [3.63, 3.8) is 0 Å². The first-order valence-electron chi connectivity index (χ1n) is 8.61. The van der Waals surface area contributed by atoms with Gasteiger partial charge in [0.2, 0.25) is 0 Å². The third kappa shape index (κ3) is 4.25. The first-order valence-corrected chi connectivity index (χ1v) is 8.61. The summed E-state index contributed by atoms with van der Waals surface area (Å²) in [5.74, 6) is 1.48. The largest absolute Gasteiger partial charge is 0.496 e. The van der Waals surface area contributed by atoms with Crippen LogP contribution in [0, 0.1) is 12.8 Å². The summed E-state index contributed by atoms with van der Waals surface area (Å²) in [4.78, 5) is 12.9. The Morgan fingerprint density at radius 1 is 1.35 bits per heavy atom. The van der Waals surface area contributed by atoms with Gasteiger partial charge in [0.15, 0.2) is 0 Å². The van der Waals surface area contributed by atoms with Crippen molar-refractivity contribution in [2.24, 2.45) is 5.92 Å². The van der Waals surface area contributed by atoms with Crippen LogP contribution in [0.2, 0.25) is 0 Å². The Balaban J connectivity index is 2.12. The number of methoxy groups -OCH3 is 1. The first-order chi connectivity index (χ1) is 11.0. The van der Waals surface area contributed by atoms with Crippen molar-refractivity contribution in [3.8, 4) is 5.75 Å². The molecule has 128 valence electrons.